The summed E-state index contributed by atoms with van der Waals surface area (Å²) in [5.41, 5.74) is 1.40. The first-order valence-electron chi connectivity index (χ1n) is 14.5. The molecule has 4 heterocycles. The molecule has 2 aromatic rings. The van der Waals surface area contributed by atoms with Crippen LogP contribution in [0.3, 0.4) is 0 Å². The van der Waals surface area contributed by atoms with Crippen molar-refractivity contribution in [3.8, 4) is 5.75 Å². The number of hydrogen-bond donors (Lipinski definition) is 1. The fraction of sp³-hybridized carbons (Fsp3) is 0.424. The lowest BCUT2D eigenvalue weighted by molar-refractivity contribution is -0.154. The van der Waals surface area contributed by atoms with Crippen molar-refractivity contribution in [2.24, 2.45) is 11.8 Å². The molecular formula is C33H36N2O6S. The number of aliphatic hydroxyl groups excluding tert-OH is 1. The van der Waals surface area contributed by atoms with Gasteiger partial charge in [0, 0.05) is 17.0 Å². The summed E-state index contributed by atoms with van der Waals surface area (Å²) in [5.74, 6) is -1.96. The Balaban J connectivity index is 1.52. The van der Waals surface area contributed by atoms with Gasteiger partial charge >= 0.3 is 5.97 Å². The van der Waals surface area contributed by atoms with Crippen LogP contribution in [0.2, 0.25) is 0 Å². The minimum absolute atomic E-state index is 0.257. The standard InChI is InChI=1S/C33H36N2O6S/c1-32-17-8-3-4-9-20-41-31(39)27(32)26-29(37)35(25(21-36)22-11-6-5-7-12-22)28-30(38)34(19-10-18-33(26,28)42-32)23-13-15-24(40-2)16-14-23/h5-8,10-18,25-28,36H,3-4,9,19-21H2,1-2H3/b17-8-/t25-,26+,27-,28?,32+,33+/m1/s1. The molecular weight excluding hydrogens is 552 g/mol. The Morgan fingerprint density at radius 1 is 1.00 bits per heavy atom. The first kappa shape index (κ1) is 28.6. The molecule has 9 heteroatoms. The number of cyclic esters (lactones) is 1. The van der Waals surface area contributed by atoms with Crippen LogP contribution in [0.5, 0.6) is 5.75 Å². The van der Waals surface area contributed by atoms with Crippen molar-refractivity contribution in [1.29, 1.82) is 0 Å². The number of anilines is 1. The Morgan fingerprint density at radius 3 is 2.48 bits per heavy atom. The molecule has 2 amide bonds. The molecule has 1 N–H and O–H groups in total. The quantitative estimate of drug-likeness (QED) is 0.411. The van der Waals surface area contributed by atoms with Gasteiger partial charge in [0.2, 0.25) is 5.91 Å². The molecule has 0 radical (unpaired) electrons. The lowest BCUT2D eigenvalue weighted by atomic mass is 9.74. The van der Waals surface area contributed by atoms with E-state index in [-0.39, 0.29) is 18.4 Å². The third-order valence-corrected chi connectivity index (χ3v) is 10.8. The number of carbonyl (C=O) groups excluding carboxylic acids is 3. The van der Waals surface area contributed by atoms with Gasteiger partial charge in [-0.05, 0) is 56.0 Å². The summed E-state index contributed by atoms with van der Waals surface area (Å²) in [4.78, 5) is 46.6. The number of likely N-dealkylation sites (tertiary alicyclic amines) is 1. The number of nitrogens with zero attached hydrogens (tertiary/aromatic N) is 2. The number of aliphatic hydroxyl groups is 1. The number of amides is 2. The number of hydrogen-bond acceptors (Lipinski definition) is 7. The SMILES string of the molecule is COc1ccc(N2CC=C[C@]34S[C@@]5(C)/C=C\CCCCOC(=O)[C@H]5[C@H]3C(=O)N([C@H](CO)c3ccccc3)C4C2=O)cc1. The highest BCUT2D eigenvalue weighted by Gasteiger charge is 2.74. The highest BCUT2D eigenvalue weighted by atomic mass is 32.2. The van der Waals surface area contributed by atoms with Crippen molar-refractivity contribution in [1.82, 2.24) is 4.90 Å². The van der Waals surface area contributed by atoms with Crippen LogP contribution in [-0.2, 0) is 19.1 Å². The Labute approximate surface area is 250 Å². The van der Waals surface area contributed by atoms with Crippen molar-refractivity contribution in [3.63, 3.8) is 0 Å². The van der Waals surface area contributed by atoms with E-state index in [1.807, 2.05) is 67.6 Å². The van der Waals surface area contributed by atoms with Gasteiger partial charge < -0.3 is 24.4 Å². The molecule has 42 heavy (non-hydrogen) atoms. The van der Waals surface area contributed by atoms with Gasteiger partial charge in [0.1, 0.15) is 11.8 Å². The second-order valence-electron chi connectivity index (χ2n) is 11.5. The highest BCUT2D eigenvalue weighted by molar-refractivity contribution is 8.02. The van der Waals surface area contributed by atoms with Crippen molar-refractivity contribution in [2.45, 2.75) is 47.8 Å². The van der Waals surface area contributed by atoms with E-state index in [9.17, 15) is 19.5 Å². The fourth-order valence-corrected chi connectivity index (χ4v) is 9.24. The van der Waals surface area contributed by atoms with Gasteiger partial charge in [0.25, 0.3) is 5.91 Å². The Hall–Kier alpha value is -3.56. The average Bonchev–Trinajstić information content (AvgIpc) is 3.33. The van der Waals surface area contributed by atoms with Gasteiger partial charge in [0.15, 0.2) is 0 Å². The smallest absolute Gasteiger partial charge is 0.311 e. The number of thioether (sulfide) groups is 1. The Kier molecular flexibility index (Phi) is 7.66. The lowest BCUT2D eigenvalue weighted by Crippen LogP contribution is -2.54. The van der Waals surface area contributed by atoms with Crippen LogP contribution in [0.4, 0.5) is 5.69 Å². The van der Waals surface area contributed by atoms with Crippen molar-refractivity contribution in [2.75, 3.05) is 31.8 Å². The number of rotatable bonds is 5. The summed E-state index contributed by atoms with van der Waals surface area (Å²) in [5, 5.41) is 10.7. The van der Waals surface area contributed by atoms with E-state index in [2.05, 4.69) is 6.08 Å². The maximum Gasteiger partial charge on any atom is 0.311 e. The average molecular weight is 589 g/mol. The third-order valence-electron chi connectivity index (χ3n) is 9.02. The molecule has 1 unspecified atom stereocenters. The van der Waals surface area contributed by atoms with Crippen LogP contribution in [0.1, 0.15) is 37.8 Å². The van der Waals surface area contributed by atoms with Crippen LogP contribution >= 0.6 is 11.8 Å². The van der Waals surface area contributed by atoms with Crippen LogP contribution in [0.25, 0.3) is 0 Å². The number of fused-ring (bicyclic) bond motifs is 2. The largest absolute Gasteiger partial charge is 0.497 e. The van der Waals surface area contributed by atoms with E-state index < -0.39 is 39.4 Å². The first-order chi connectivity index (χ1) is 20.3. The van der Waals surface area contributed by atoms with Gasteiger partial charge in [-0.2, -0.15) is 0 Å². The van der Waals surface area contributed by atoms with Crippen LogP contribution in [0.15, 0.2) is 78.9 Å². The zero-order valence-corrected chi connectivity index (χ0v) is 24.7. The van der Waals surface area contributed by atoms with E-state index in [1.165, 1.54) is 11.8 Å². The summed E-state index contributed by atoms with van der Waals surface area (Å²) in [6.07, 6.45) is 10.6. The van der Waals surface area contributed by atoms with E-state index in [0.29, 0.717) is 24.6 Å². The molecule has 0 aromatic heterocycles. The molecule has 0 saturated carbocycles. The Morgan fingerprint density at radius 2 is 1.76 bits per heavy atom. The molecule has 6 atom stereocenters. The van der Waals surface area contributed by atoms with Crippen LogP contribution in [-0.4, -0.2) is 70.2 Å². The number of carbonyl (C=O) groups is 3. The minimum atomic E-state index is -1.05. The molecule has 4 aliphatic heterocycles. The summed E-state index contributed by atoms with van der Waals surface area (Å²) >= 11 is 1.51. The van der Waals surface area contributed by atoms with Crippen molar-refractivity contribution >= 4 is 35.2 Å². The van der Waals surface area contributed by atoms with E-state index in [0.717, 1.165) is 24.8 Å². The molecule has 220 valence electrons. The molecule has 4 aliphatic rings. The molecule has 0 bridgehead atoms. The fourth-order valence-electron chi connectivity index (χ4n) is 7.10. The number of allylic oxidation sites excluding steroid dienone is 1. The monoisotopic (exact) mass is 588 g/mol. The predicted octanol–water partition coefficient (Wildman–Crippen LogP) is 4.30. The summed E-state index contributed by atoms with van der Waals surface area (Å²) < 4.78 is 9.28. The van der Waals surface area contributed by atoms with E-state index in [4.69, 9.17) is 9.47 Å². The van der Waals surface area contributed by atoms with Gasteiger partial charge in [-0.3, -0.25) is 14.4 Å². The summed E-state index contributed by atoms with van der Waals surface area (Å²) in [7, 11) is 1.59. The van der Waals surface area contributed by atoms with Gasteiger partial charge in [0.05, 0.1) is 42.9 Å². The lowest BCUT2D eigenvalue weighted by Gasteiger charge is -2.40. The first-order valence-corrected chi connectivity index (χ1v) is 15.3. The van der Waals surface area contributed by atoms with Crippen molar-refractivity contribution in [3.05, 3.63) is 84.5 Å². The molecule has 8 nitrogen and oxygen atoms in total. The zero-order valence-electron chi connectivity index (χ0n) is 23.8. The van der Waals surface area contributed by atoms with Crippen LogP contribution in [0, 0.1) is 11.8 Å². The number of methoxy groups -OCH3 is 1. The predicted molar refractivity (Wildman–Crippen MR) is 161 cm³/mol. The maximum atomic E-state index is 14.8. The molecule has 2 fully saturated rings. The maximum absolute atomic E-state index is 14.8. The van der Waals surface area contributed by atoms with Gasteiger partial charge in [-0.1, -0.05) is 54.6 Å². The van der Waals surface area contributed by atoms with Crippen LogP contribution < -0.4 is 9.64 Å². The third kappa shape index (κ3) is 4.54. The highest BCUT2D eigenvalue weighted by Crippen LogP contribution is 2.66. The normalized spacial score (nSPS) is 32.4. The number of esters is 1. The second-order valence-corrected chi connectivity index (χ2v) is 13.3. The summed E-state index contributed by atoms with van der Waals surface area (Å²) in [6, 6.07) is 14.8. The topological polar surface area (TPSA) is 96.4 Å². The molecule has 0 aliphatic carbocycles. The number of ether oxygens (including phenoxy) is 2. The van der Waals surface area contributed by atoms with Gasteiger partial charge in [-0.25, -0.2) is 0 Å². The number of benzene rings is 2. The molecule has 1 spiro atoms. The van der Waals surface area contributed by atoms with E-state index >= 15 is 0 Å². The Bertz CT molecular complexity index is 1410. The minimum Gasteiger partial charge on any atom is -0.497 e. The second kappa shape index (κ2) is 11.3. The molecule has 2 aromatic carbocycles. The summed E-state index contributed by atoms with van der Waals surface area (Å²) in [6.45, 7) is 2.21. The zero-order chi connectivity index (χ0) is 29.5. The van der Waals surface area contributed by atoms with Gasteiger partial charge in [-0.15, -0.1) is 11.8 Å². The van der Waals surface area contributed by atoms with Crippen molar-refractivity contribution < 1.29 is 29.0 Å². The molecule has 6 rings (SSSR count). The molecule has 2 saturated heterocycles. The van der Waals surface area contributed by atoms with E-state index in [1.54, 1.807) is 29.0 Å².